The van der Waals surface area contributed by atoms with Gasteiger partial charge in [0.1, 0.15) is 0 Å². The first-order valence-corrected chi connectivity index (χ1v) is 5.67. The Morgan fingerprint density at radius 2 is 2.06 bits per heavy atom. The molecule has 1 saturated heterocycles. The molecule has 2 rings (SSSR count). The highest BCUT2D eigenvalue weighted by Crippen LogP contribution is 2.18. The van der Waals surface area contributed by atoms with Crippen LogP contribution in [0.3, 0.4) is 0 Å². The Morgan fingerprint density at radius 3 is 2.53 bits per heavy atom. The number of nitrogens with one attached hydrogen (secondary N) is 1. The Hall–Kier alpha value is -1.69. The Balaban J connectivity index is 2.14. The molecule has 0 aliphatic carbocycles. The minimum atomic E-state index is -0.479. The van der Waals surface area contributed by atoms with Crippen molar-refractivity contribution in [2.75, 3.05) is 18.0 Å². The van der Waals surface area contributed by atoms with Crippen LogP contribution in [0.5, 0.6) is 0 Å². The highest BCUT2D eigenvalue weighted by molar-refractivity contribution is 5.47. The molecule has 1 aromatic heterocycles. The van der Waals surface area contributed by atoms with Crippen molar-refractivity contribution in [1.29, 1.82) is 0 Å². The van der Waals surface area contributed by atoms with Crippen molar-refractivity contribution >= 4 is 11.5 Å². The molecule has 17 heavy (non-hydrogen) atoms. The third-order valence-corrected chi connectivity index (χ3v) is 2.84. The molecule has 0 aromatic carbocycles. The van der Waals surface area contributed by atoms with Crippen molar-refractivity contribution in [3.63, 3.8) is 0 Å². The SMILES string of the molecule is CC1CN(c2ccc([N+](=O)[O-])nc2)CC(C)N1. The average molecular weight is 236 g/mol. The van der Waals surface area contributed by atoms with Crippen LogP contribution < -0.4 is 10.2 Å². The minimum Gasteiger partial charge on any atom is -0.365 e. The largest absolute Gasteiger partial charge is 0.365 e. The van der Waals surface area contributed by atoms with Crippen molar-refractivity contribution in [2.24, 2.45) is 0 Å². The number of aromatic nitrogens is 1. The van der Waals surface area contributed by atoms with Gasteiger partial charge in [-0.15, -0.1) is 0 Å². The highest BCUT2D eigenvalue weighted by atomic mass is 16.6. The highest BCUT2D eigenvalue weighted by Gasteiger charge is 2.22. The Labute approximate surface area is 99.8 Å². The van der Waals surface area contributed by atoms with E-state index in [1.165, 1.54) is 6.07 Å². The molecule has 6 nitrogen and oxygen atoms in total. The van der Waals surface area contributed by atoms with Crippen LogP contribution in [0, 0.1) is 10.1 Å². The first-order chi connectivity index (χ1) is 8.06. The summed E-state index contributed by atoms with van der Waals surface area (Å²) < 4.78 is 0. The van der Waals surface area contributed by atoms with Gasteiger partial charge in [-0.1, -0.05) is 0 Å². The molecule has 92 valence electrons. The van der Waals surface area contributed by atoms with Crippen LogP contribution in [-0.4, -0.2) is 35.1 Å². The number of anilines is 1. The molecule has 0 saturated carbocycles. The molecule has 2 atom stereocenters. The lowest BCUT2D eigenvalue weighted by molar-refractivity contribution is -0.389. The molecule has 1 aliphatic heterocycles. The van der Waals surface area contributed by atoms with E-state index < -0.39 is 4.92 Å². The van der Waals surface area contributed by atoms with E-state index in [2.05, 4.69) is 29.0 Å². The van der Waals surface area contributed by atoms with Gasteiger partial charge in [0.2, 0.25) is 0 Å². The molecule has 6 heteroatoms. The molecule has 2 unspecified atom stereocenters. The number of rotatable bonds is 2. The lowest BCUT2D eigenvalue weighted by Crippen LogP contribution is -2.54. The van der Waals surface area contributed by atoms with Gasteiger partial charge in [-0.3, -0.25) is 0 Å². The second-order valence-electron chi connectivity index (χ2n) is 4.51. The Morgan fingerprint density at radius 1 is 1.41 bits per heavy atom. The van der Waals surface area contributed by atoms with Crippen LogP contribution >= 0.6 is 0 Å². The first-order valence-electron chi connectivity index (χ1n) is 5.67. The van der Waals surface area contributed by atoms with Crippen LogP contribution in [0.25, 0.3) is 0 Å². The number of nitro groups is 1. The van der Waals surface area contributed by atoms with Crippen molar-refractivity contribution in [3.8, 4) is 0 Å². The number of hydrogen-bond donors (Lipinski definition) is 1. The standard InChI is InChI=1S/C11H16N4O2/c1-8-6-14(7-9(2)13-8)10-3-4-11(12-5-10)15(16)17/h3-5,8-9,13H,6-7H2,1-2H3. The van der Waals surface area contributed by atoms with Crippen LogP contribution in [0.1, 0.15) is 13.8 Å². The molecule has 0 bridgehead atoms. The van der Waals surface area contributed by atoms with Crippen LogP contribution in [-0.2, 0) is 0 Å². The lowest BCUT2D eigenvalue weighted by atomic mass is 10.1. The molecular weight excluding hydrogens is 220 g/mol. The maximum absolute atomic E-state index is 10.5. The summed E-state index contributed by atoms with van der Waals surface area (Å²) >= 11 is 0. The van der Waals surface area contributed by atoms with Crippen molar-refractivity contribution in [3.05, 3.63) is 28.4 Å². The maximum atomic E-state index is 10.5. The Kier molecular flexibility index (Phi) is 3.23. The molecule has 1 fully saturated rings. The van der Waals surface area contributed by atoms with Gasteiger partial charge in [0, 0.05) is 31.2 Å². The van der Waals surface area contributed by atoms with Crippen molar-refractivity contribution in [1.82, 2.24) is 10.3 Å². The first kappa shape index (κ1) is 11.8. The van der Waals surface area contributed by atoms with Gasteiger partial charge >= 0.3 is 5.82 Å². The van der Waals surface area contributed by atoms with Gasteiger partial charge in [-0.2, -0.15) is 0 Å². The topological polar surface area (TPSA) is 71.3 Å². The molecule has 0 spiro atoms. The van der Waals surface area contributed by atoms with E-state index in [1.54, 1.807) is 12.3 Å². The van der Waals surface area contributed by atoms with Crippen LogP contribution in [0.2, 0.25) is 0 Å². The number of hydrogen-bond acceptors (Lipinski definition) is 5. The molecule has 2 heterocycles. The zero-order valence-electron chi connectivity index (χ0n) is 9.96. The second kappa shape index (κ2) is 4.67. The molecule has 1 aliphatic rings. The van der Waals surface area contributed by atoms with Gasteiger partial charge in [0.05, 0.1) is 5.69 Å². The quantitative estimate of drug-likeness (QED) is 0.616. The summed E-state index contributed by atoms with van der Waals surface area (Å²) in [6.45, 7) is 6.04. The zero-order chi connectivity index (χ0) is 12.4. The maximum Gasteiger partial charge on any atom is 0.363 e. The summed E-state index contributed by atoms with van der Waals surface area (Å²) in [4.78, 5) is 16.1. The van der Waals surface area contributed by atoms with Crippen LogP contribution in [0.15, 0.2) is 18.3 Å². The molecule has 0 radical (unpaired) electrons. The third-order valence-electron chi connectivity index (χ3n) is 2.84. The normalized spacial score (nSPS) is 24.7. The summed E-state index contributed by atoms with van der Waals surface area (Å²) in [5.41, 5.74) is 0.941. The van der Waals surface area contributed by atoms with E-state index in [0.29, 0.717) is 12.1 Å². The summed E-state index contributed by atoms with van der Waals surface area (Å²) in [6.07, 6.45) is 1.57. The predicted molar refractivity (Wildman–Crippen MR) is 65.2 cm³/mol. The number of pyridine rings is 1. The number of nitrogens with zero attached hydrogens (tertiary/aromatic N) is 3. The monoisotopic (exact) mass is 236 g/mol. The third kappa shape index (κ3) is 2.71. The predicted octanol–water partition coefficient (Wildman–Crippen LogP) is 1.18. The Bertz CT molecular complexity index is 396. The van der Waals surface area contributed by atoms with E-state index in [-0.39, 0.29) is 5.82 Å². The molecule has 1 N–H and O–H groups in total. The van der Waals surface area contributed by atoms with Gasteiger partial charge in [-0.25, -0.2) is 0 Å². The summed E-state index contributed by atoms with van der Waals surface area (Å²) in [5, 5.41) is 14.0. The summed E-state index contributed by atoms with van der Waals surface area (Å²) in [6, 6.07) is 4.03. The van der Waals surface area contributed by atoms with Crippen molar-refractivity contribution in [2.45, 2.75) is 25.9 Å². The summed E-state index contributed by atoms with van der Waals surface area (Å²) in [5.74, 6) is -0.106. The van der Waals surface area contributed by atoms with Gasteiger partial charge in [0.15, 0.2) is 6.20 Å². The smallest absolute Gasteiger partial charge is 0.363 e. The minimum absolute atomic E-state index is 0.106. The fourth-order valence-electron chi connectivity index (χ4n) is 2.21. The van der Waals surface area contributed by atoms with Crippen LogP contribution in [0.4, 0.5) is 11.5 Å². The lowest BCUT2D eigenvalue weighted by Gasteiger charge is -2.37. The fourth-order valence-corrected chi connectivity index (χ4v) is 2.21. The average Bonchev–Trinajstić information content (AvgIpc) is 2.28. The van der Waals surface area contributed by atoms with E-state index in [1.807, 2.05) is 0 Å². The van der Waals surface area contributed by atoms with Crippen molar-refractivity contribution < 1.29 is 4.92 Å². The number of piperazine rings is 1. The fraction of sp³-hybridized carbons (Fsp3) is 0.545. The van der Waals surface area contributed by atoms with Gasteiger partial charge in [-0.05, 0) is 29.8 Å². The second-order valence-corrected chi connectivity index (χ2v) is 4.51. The molecule has 1 aromatic rings. The molecular formula is C11H16N4O2. The zero-order valence-corrected chi connectivity index (χ0v) is 9.96. The van der Waals surface area contributed by atoms with Gasteiger partial charge in [0.25, 0.3) is 0 Å². The van der Waals surface area contributed by atoms with E-state index in [4.69, 9.17) is 0 Å². The van der Waals surface area contributed by atoms with E-state index in [0.717, 1.165) is 18.8 Å². The van der Waals surface area contributed by atoms with E-state index >= 15 is 0 Å². The molecule has 0 amide bonds. The van der Waals surface area contributed by atoms with E-state index in [9.17, 15) is 10.1 Å². The summed E-state index contributed by atoms with van der Waals surface area (Å²) in [7, 11) is 0. The van der Waals surface area contributed by atoms with Gasteiger partial charge < -0.3 is 20.3 Å².